The van der Waals surface area contributed by atoms with Gasteiger partial charge in [0, 0.05) is 37.0 Å². The van der Waals surface area contributed by atoms with Gasteiger partial charge >= 0.3 is 0 Å². The molecule has 0 saturated carbocycles. The molecule has 2 aliphatic rings. The molecule has 226 valence electrons. The first-order valence-electron chi connectivity index (χ1n) is 13.6. The van der Waals surface area contributed by atoms with Crippen LogP contribution in [0.15, 0.2) is 92.3 Å². The van der Waals surface area contributed by atoms with Crippen LogP contribution >= 0.6 is 24.0 Å². The minimum atomic E-state index is -0.221. The van der Waals surface area contributed by atoms with Crippen LogP contribution in [0.3, 0.4) is 0 Å². The van der Waals surface area contributed by atoms with E-state index in [-0.39, 0.29) is 34.8 Å². The van der Waals surface area contributed by atoms with Crippen molar-refractivity contribution in [1.29, 1.82) is 0 Å². The fraction of sp³-hybridized carbons (Fsp3) is 0.200. The molecule has 14 heteroatoms. The molecular weight excluding hydrogens is 603 g/mol. The third-order valence-electron chi connectivity index (χ3n) is 6.52. The van der Waals surface area contributed by atoms with E-state index in [1.807, 2.05) is 0 Å². The van der Waals surface area contributed by atoms with E-state index in [4.69, 9.17) is 12.2 Å². The zero-order valence-electron chi connectivity index (χ0n) is 23.6. The van der Waals surface area contributed by atoms with Crippen molar-refractivity contribution in [3.8, 4) is 0 Å². The number of anilines is 1. The molecule has 44 heavy (non-hydrogen) atoms. The van der Waals surface area contributed by atoms with Gasteiger partial charge in [-0.25, -0.2) is 0 Å². The first-order valence-corrected chi connectivity index (χ1v) is 14.8. The minimum Gasteiger partial charge on any atom is -0.410 e. The topological polar surface area (TPSA) is 174 Å². The van der Waals surface area contributed by atoms with Gasteiger partial charge < -0.3 is 26.5 Å². The van der Waals surface area contributed by atoms with Crippen LogP contribution in [0.2, 0.25) is 0 Å². The van der Waals surface area contributed by atoms with Gasteiger partial charge in [0.05, 0.1) is 10.6 Å². The number of hydrogen-bond donors (Lipinski definition) is 5. The summed E-state index contributed by atoms with van der Waals surface area (Å²) in [5.41, 5.74) is 3.16. The summed E-state index contributed by atoms with van der Waals surface area (Å²) >= 11 is 6.19. The fourth-order valence-corrected chi connectivity index (χ4v) is 5.31. The molecule has 0 radical (unpaired) electrons. The predicted molar refractivity (Wildman–Crippen MR) is 176 cm³/mol. The summed E-state index contributed by atoms with van der Waals surface area (Å²) in [7, 11) is 1.46. The smallest absolute Gasteiger partial charge is 0.263 e. The summed E-state index contributed by atoms with van der Waals surface area (Å²) in [6.45, 7) is 1.00. The third kappa shape index (κ3) is 8.33. The molecule has 0 aromatic heterocycles. The number of oxime groups is 1. The molecule has 1 fully saturated rings. The van der Waals surface area contributed by atoms with Crippen LogP contribution in [0.25, 0.3) is 6.08 Å². The van der Waals surface area contributed by atoms with Gasteiger partial charge in [0.25, 0.3) is 17.7 Å². The number of nitroso groups, excluding NO2 is 1. The number of thioether (sulfide) groups is 1. The highest BCUT2D eigenvalue weighted by Crippen LogP contribution is 2.26. The molecule has 4 rings (SSSR count). The van der Waals surface area contributed by atoms with Crippen LogP contribution in [-0.4, -0.2) is 58.8 Å². The van der Waals surface area contributed by atoms with Crippen molar-refractivity contribution in [2.24, 2.45) is 15.3 Å². The number of rotatable bonds is 12. The quantitative estimate of drug-likeness (QED) is 0.0437. The molecule has 0 bridgehead atoms. The van der Waals surface area contributed by atoms with Gasteiger partial charge in [-0.15, -0.1) is 4.91 Å². The van der Waals surface area contributed by atoms with Crippen molar-refractivity contribution in [3.05, 3.63) is 98.6 Å². The van der Waals surface area contributed by atoms with Crippen LogP contribution < -0.4 is 21.3 Å². The number of amides is 3. The monoisotopic (exact) mass is 631 g/mol. The Labute approximate surface area is 262 Å². The van der Waals surface area contributed by atoms with Crippen LogP contribution in [-0.2, 0) is 4.79 Å². The molecule has 0 unspecified atom stereocenters. The highest BCUT2D eigenvalue weighted by Gasteiger charge is 2.24. The van der Waals surface area contributed by atoms with Gasteiger partial charge in [0.15, 0.2) is 5.71 Å². The molecular formula is C30H29N7O5S2. The largest absolute Gasteiger partial charge is 0.410 e. The summed E-state index contributed by atoms with van der Waals surface area (Å²) < 4.78 is 0.428. The van der Waals surface area contributed by atoms with E-state index in [1.165, 1.54) is 24.9 Å². The lowest BCUT2D eigenvalue weighted by molar-refractivity contribution is -0.115. The van der Waals surface area contributed by atoms with Gasteiger partial charge in [-0.3, -0.25) is 19.4 Å². The molecule has 12 nitrogen and oxygen atoms in total. The number of carbonyl (C=O) groups is 3. The highest BCUT2D eigenvalue weighted by molar-refractivity contribution is 8.26. The first-order chi connectivity index (χ1) is 21.3. The molecule has 1 aliphatic carbocycles. The van der Waals surface area contributed by atoms with Crippen molar-refractivity contribution >= 4 is 69.2 Å². The summed E-state index contributed by atoms with van der Waals surface area (Å²) in [4.78, 5) is 52.2. The van der Waals surface area contributed by atoms with E-state index in [9.17, 15) is 24.5 Å². The van der Waals surface area contributed by atoms with Crippen molar-refractivity contribution in [3.63, 3.8) is 0 Å². The molecule has 2 aromatic carbocycles. The maximum Gasteiger partial charge on any atom is 0.263 e. The standard InChI is InChI=1S/C30H29N7O5S2/c1-31-25-23(36-41)14-13-22(26(25)37-42)34-21-11-9-20(10-12-21)28(39)33-16-4-2-3-15-32-27(38)19-7-5-18(6-8-19)17-24-29(40)35-30(43)44-24/h5-14,17,34,42H,2-4,15-16H2,1H3,(H,32,38)(H,33,39)(H,35,40,43)/b24-17-,31-25-,37-26-. The normalized spacial score (nSPS) is 17.2. The van der Waals surface area contributed by atoms with Crippen LogP contribution in [0.1, 0.15) is 45.5 Å². The van der Waals surface area contributed by atoms with Gasteiger partial charge in [0.1, 0.15) is 15.7 Å². The fourth-order valence-electron chi connectivity index (χ4n) is 4.26. The SMILES string of the molecule is C/N=C1/C(N=O)=CC=C(Nc2ccc(C(=O)NCCCCCNC(=O)c3ccc(/C=C4\SC(=S)NC4=O)cc3)cc2)/C1=N/O. The lowest BCUT2D eigenvalue weighted by atomic mass is 10.0. The number of hydrogen-bond acceptors (Lipinski definition) is 11. The molecule has 1 heterocycles. The number of carbonyl (C=O) groups excluding carboxylic acids is 3. The molecule has 5 N–H and O–H groups in total. The van der Waals surface area contributed by atoms with E-state index in [0.717, 1.165) is 24.8 Å². The second-order valence-electron chi connectivity index (χ2n) is 9.49. The van der Waals surface area contributed by atoms with E-state index in [0.29, 0.717) is 44.8 Å². The second kappa shape index (κ2) is 15.5. The minimum absolute atomic E-state index is 0.0572. The van der Waals surface area contributed by atoms with Gasteiger partial charge in [0.2, 0.25) is 0 Å². The van der Waals surface area contributed by atoms with Crippen molar-refractivity contribution in [1.82, 2.24) is 16.0 Å². The summed E-state index contributed by atoms with van der Waals surface area (Å²) in [6.07, 6.45) is 7.09. The van der Waals surface area contributed by atoms with Crippen LogP contribution in [0, 0.1) is 4.91 Å². The number of thiocarbonyl (C=S) groups is 1. The highest BCUT2D eigenvalue weighted by atomic mass is 32.2. The van der Waals surface area contributed by atoms with E-state index >= 15 is 0 Å². The Morgan fingerprint density at radius 1 is 0.932 bits per heavy atom. The van der Waals surface area contributed by atoms with Gasteiger partial charge in [-0.2, -0.15) is 0 Å². The second-order valence-corrected chi connectivity index (χ2v) is 11.2. The third-order valence-corrected chi connectivity index (χ3v) is 7.68. The molecule has 0 atom stereocenters. The number of benzene rings is 2. The number of nitrogens with one attached hydrogen (secondary N) is 4. The van der Waals surface area contributed by atoms with Gasteiger partial charge in [-0.05, 0) is 84.6 Å². The maximum atomic E-state index is 12.5. The Morgan fingerprint density at radius 2 is 1.55 bits per heavy atom. The Bertz CT molecular complexity index is 1610. The van der Waals surface area contributed by atoms with Crippen LogP contribution in [0.5, 0.6) is 0 Å². The van der Waals surface area contributed by atoms with Crippen molar-refractivity contribution in [2.75, 3.05) is 25.5 Å². The Kier molecular flexibility index (Phi) is 11.3. The Hall–Kier alpha value is -4.95. The predicted octanol–water partition coefficient (Wildman–Crippen LogP) is 4.37. The average molecular weight is 632 g/mol. The number of nitrogens with zero attached hydrogens (tertiary/aromatic N) is 3. The summed E-state index contributed by atoms with van der Waals surface area (Å²) in [5.74, 6) is -0.609. The average Bonchev–Trinajstić information content (AvgIpc) is 3.36. The Morgan fingerprint density at radius 3 is 2.07 bits per heavy atom. The van der Waals surface area contributed by atoms with Crippen molar-refractivity contribution < 1.29 is 19.6 Å². The lowest BCUT2D eigenvalue weighted by Gasteiger charge is -2.16. The molecule has 2 aromatic rings. The van der Waals surface area contributed by atoms with E-state index < -0.39 is 0 Å². The van der Waals surface area contributed by atoms with Crippen LogP contribution in [0.4, 0.5) is 5.69 Å². The lowest BCUT2D eigenvalue weighted by Crippen LogP contribution is -2.26. The molecule has 3 amide bonds. The first kappa shape index (κ1) is 32.0. The van der Waals surface area contributed by atoms with E-state index in [2.05, 4.69) is 36.6 Å². The summed E-state index contributed by atoms with van der Waals surface area (Å²) in [5, 5.41) is 27.0. The number of allylic oxidation sites excluding steroid dienone is 4. The van der Waals surface area contributed by atoms with Crippen molar-refractivity contribution in [2.45, 2.75) is 19.3 Å². The molecule has 0 spiro atoms. The van der Waals surface area contributed by atoms with Gasteiger partial charge in [-0.1, -0.05) is 41.3 Å². The number of unbranched alkanes of at least 4 members (excludes halogenated alkanes) is 2. The maximum absolute atomic E-state index is 12.5. The number of aliphatic imine (C=N–C) groups is 1. The summed E-state index contributed by atoms with van der Waals surface area (Å²) in [6, 6.07) is 13.7. The zero-order chi connectivity index (χ0) is 31.5. The Balaban J connectivity index is 1.14. The zero-order valence-corrected chi connectivity index (χ0v) is 25.3. The molecule has 1 saturated heterocycles. The van der Waals surface area contributed by atoms with E-state index in [1.54, 1.807) is 60.7 Å². The molecule has 1 aliphatic heterocycles.